The first-order valence-corrected chi connectivity index (χ1v) is 21.2. The maximum atomic E-state index is 5.65. The minimum atomic E-state index is 0.838. The third kappa shape index (κ3) is 46.9. The number of hydrogen-bond acceptors (Lipinski definition) is 2. The average molecular weight is 666 g/mol. The number of nitrogens with zero attached hydrogens (tertiary/aromatic N) is 2. The fourth-order valence-corrected chi connectivity index (χ4v) is 5.65. The Balaban J connectivity index is -0.000000585. The van der Waals surface area contributed by atoms with Gasteiger partial charge in [-0.3, -0.25) is 0 Å². The van der Waals surface area contributed by atoms with Gasteiger partial charge in [0.1, 0.15) is 0 Å². The lowest BCUT2D eigenvalue weighted by Gasteiger charge is -2.21. The molecule has 0 aromatic carbocycles. The summed E-state index contributed by atoms with van der Waals surface area (Å²) >= 11 is 11.3. The van der Waals surface area contributed by atoms with Crippen molar-refractivity contribution in [1.82, 2.24) is 9.80 Å². The second kappa shape index (κ2) is 47.9. The average Bonchev–Trinajstić information content (AvgIpc) is 3.05. The molecule has 0 fully saturated rings. The highest BCUT2D eigenvalue weighted by atomic mass is 35.5. The third-order valence-electron chi connectivity index (χ3n) is 8.48. The Morgan fingerprint density at radius 2 is 0.409 bits per heavy atom. The fraction of sp³-hybridized carbons (Fsp3) is 1.00. The largest absolute Gasteiger partial charge is 0.303 e. The zero-order chi connectivity index (χ0) is 33.2. The SMILES string of the molecule is CCCCN(CCCC)CCCC.CCCCN(CCCC)CCCC.ClCCCCCCCCCCCCCCCCCl. The molecule has 0 aromatic rings. The summed E-state index contributed by atoms with van der Waals surface area (Å²) in [5.74, 6) is 1.68. The Morgan fingerprint density at radius 1 is 0.250 bits per heavy atom. The summed E-state index contributed by atoms with van der Waals surface area (Å²) in [5, 5.41) is 0. The molecular formula is C40H86Cl2N2. The van der Waals surface area contributed by atoms with E-state index in [2.05, 4.69) is 51.3 Å². The van der Waals surface area contributed by atoms with Crippen LogP contribution in [-0.4, -0.2) is 60.8 Å². The lowest BCUT2D eigenvalue weighted by molar-refractivity contribution is 0.261. The van der Waals surface area contributed by atoms with E-state index in [0.29, 0.717) is 0 Å². The van der Waals surface area contributed by atoms with Gasteiger partial charge in [0.05, 0.1) is 0 Å². The van der Waals surface area contributed by atoms with Crippen LogP contribution in [0.15, 0.2) is 0 Å². The molecule has 0 saturated carbocycles. The highest BCUT2D eigenvalue weighted by Gasteiger charge is 2.03. The minimum absolute atomic E-state index is 0.838. The van der Waals surface area contributed by atoms with E-state index in [-0.39, 0.29) is 0 Å². The Kier molecular flexibility index (Phi) is 53.2. The predicted molar refractivity (Wildman–Crippen MR) is 208 cm³/mol. The van der Waals surface area contributed by atoms with Crippen LogP contribution in [0, 0.1) is 0 Å². The lowest BCUT2D eigenvalue weighted by Crippen LogP contribution is -2.27. The first kappa shape index (κ1) is 48.9. The Morgan fingerprint density at radius 3 is 0.545 bits per heavy atom. The fourth-order valence-electron chi connectivity index (χ4n) is 5.27. The number of alkyl halides is 2. The smallest absolute Gasteiger partial charge is 0.0223 e. The topological polar surface area (TPSA) is 6.48 Å². The van der Waals surface area contributed by atoms with Gasteiger partial charge in [-0.1, -0.05) is 157 Å². The number of unbranched alkanes of at least 4 members (excludes halogenated alkanes) is 19. The van der Waals surface area contributed by atoms with Gasteiger partial charge < -0.3 is 9.80 Å². The molecule has 0 amide bonds. The van der Waals surface area contributed by atoms with E-state index in [1.165, 1.54) is 206 Å². The standard InChI is InChI=1S/C16H32Cl2.2C12H27N/c17-15-13-11-9-7-5-3-1-2-4-6-8-10-12-14-16-18;2*1-4-7-10-13(11-8-5-2)12-9-6-3/h1-16H2;2*4-12H2,1-3H3. The monoisotopic (exact) mass is 665 g/mol. The maximum Gasteiger partial charge on any atom is 0.0223 e. The molecule has 4 heteroatoms. The molecule has 0 aliphatic rings. The molecule has 270 valence electrons. The molecule has 0 rings (SSSR count). The minimum Gasteiger partial charge on any atom is -0.303 e. The van der Waals surface area contributed by atoms with Crippen LogP contribution in [0.4, 0.5) is 0 Å². The van der Waals surface area contributed by atoms with Gasteiger partial charge in [0.2, 0.25) is 0 Å². The summed E-state index contributed by atoms with van der Waals surface area (Å²) in [6.07, 6.45) is 35.4. The molecule has 0 atom stereocenters. The van der Waals surface area contributed by atoms with Crippen molar-refractivity contribution in [3.05, 3.63) is 0 Å². The molecule has 0 spiro atoms. The van der Waals surface area contributed by atoms with Crippen molar-refractivity contribution in [3.8, 4) is 0 Å². The van der Waals surface area contributed by atoms with Crippen LogP contribution in [0.25, 0.3) is 0 Å². The van der Waals surface area contributed by atoms with Crippen LogP contribution in [0.1, 0.15) is 208 Å². The van der Waals surface area contributed by atoms with Crippen molar-refractivity contribution >= 4 is 23.2 Å². The third-order valence-corrected chi connectivity index (χ3v) is 9.02. The van der Waals surface area contributed by atoms with E-state index < -0.39 is 0 Å². The van der Waals surface area contributed by atoms with E-state index in [4.69, 9.17) is 23.2 Å². The molecule has 0 aliphatic carbocycles. The molecule has 2 nitrogen and oxygen atoms in total. The van der Waals surface area contributed by atoms with Crippen LogP contribution >= 0.6 is 23.2 Å². The zero-order valence-corrected chi connectivity index (χ0v) is 33.2. The van der Waals surface area contributed by atoms with Crippen molar-refractivity contribution in [2.45, 2.75) is 208 Å². The summed E-state index contributed by atoms with van der Waals surface area (Å²) in [6.45, 7) is 21.5. The Labute approximate surface area is 291 Å². The van der Waals surface area contributed by atoms with Gasteiger partial charge in [-0.2, -0.15) is 0 Å². The van der Waals surface area contributed by atoms with Gasteiger partial charge in [0, 0.05) is 11.8 Å². The maximum absolute atomic E-state index is 5.65. The number of halogens is 2. The van der Waals surface area contributed by atoms with Gasteiger partial charge in [0.25, 0.3) is 0 Å². The molecule has 0 radical (unpaired) electrons. The van der Waals surface area contributed by atoms with Gasteiger partial charge in [-0.15, -0.1) is 23.2 Å². The first-order chi connectivity index (χ1) is 21.6. The van der Waals surface area contributed by atoms with Crippen molar-refractivity contribution in [3.63, 3.8) is 0 Å². The second-order valence-corrected chi connectivity index (χ2v) is 13.9. The summed E-state index contributed by atoms with van der Waals surface area (Å²) in [5.41, 5.74) is 0. The molecule has 0 aromatic heterocycles. The van der Waals surface area contributed by atoms with Crippen LogP contribution in [0.5, 0.6) is 0 Å². The highest BCUT2D eigenvalue weighted by Crippen LogP contribution is 2.13. The van der Waals surface area contributed by atoms with E-state index in [0.717, 1.165) is 11.8 Å². The predicted octanol–water partition coefficient (Wildman–Crippen LogP) is 14.3. The van der Waals surface area contributed by atoms with E-state index in [1.54, 1.807) is 0 Å². The Bertz CT molecular complexity index is 371. The Hall–Kier alpha value is 0.500. The van der Waals surface area contributed by atoms with Crippen LogP contribution in [0.2, 0.25) is 0 Å². The molecule has 0 heterocycles. The normalized spacial score (nSPS) is 11.0. The van der Waals surface area contributed by atoms with E-state index in [1.807, 2.05) is 0 Å². The molecule has 44 heavy (non-hydrogen) atoms. The van der Waals surface area contributed by atoms with Crippen molar-refractivity contribution in [2.75, 3.05) is 51.0 Å². The number of rotatable bonds is 33. The zero-order valence-electron chi connectivity index (χ0n) is 31.7. The molecule has 0 saturated heterocycles. The summed E-state index contributed by atoms with van der Waals surface area (Å²) in [4.78, 5) is 5.27. The van der Waals surface area contributed by atoms with Crippen molar-refractivity contribution < 1.29 is 0 Å². The summed E-state index contributed by atoms with van der Waals surface area (Å²) in [7, 11) is 0. The summed E-state index contributed by atoms with van der Waals surface area (Å²) in [6, 6.07) is 0. The first-order valence-electron chi connectivity index (χ1n) is 20.2. The van der Waals surface area contributed by atoms with Gasteiger partial charge >= 0.3 is 0 Å². The summed E-state index contributed by atoms with van der Waals surface area (Å²) < 4.78 is 0. The van der Waals surface area contributed by atoms with Crippen LogP contribution < -0.4 is 0 Å². The lowest BCUT2D eigenvalue weighted by atomic mass is 10.0. The molecule has 0 aliphatic heterocycles. The second-order valence-electron chi connectivity index (χ2n) is 13.1. The van der Waals surface area contributed by atoms with E-state index >= 15 is 0 Å². The van der Waals surface area contributed by atoms with Gasteiger partial charge in [0.15, 0.2) is 0 Å². The van der Waals surface area contributed by atoms with Crippen LogP contribution in [0.3, 0.4) is 0 Å². The van der Waals surface area contributed by atoms with Crippen LogP contribution in [-0.2, 0) is 0 Å². The van der Waals surface area contributed by atoms with Gasteiger partial charge in [-0.25, -0.2) is 0 Å². The molecule has 0 N–H and O–H groups in total. The highest BCUT2D eigenvalue weighted by molar-refractivity contribution is 6.18. The van der Waals surface area contributed by atoms with Crippen molar-refractivity contribution in [1.29, 1.82) is 0 Å². The molecule has 0 unspecified atom stereocenters. The number of hydrogen-bond donors (Lipinski definition) is 0. The van der Waals surface area contributed by atoms with Gasteiger partial charge in [-0.05, 0) is 90.6 Å². The van der Waals surface area contributed by atoms with E-state index in [9.17, 15) is 0 Å². The molecular weight excluding hydrogens is 579 g/mol. The van der Waals surface area contributed by atoms with Crippen molar-refractivity contribution in [2.24, 2.45) is 0 Å². The molecule has 0 bridgehead atoms. The quantitative estimate of drug-likeness (QED) is 0.0508.